The van der Waals surface area contributed by atoms with Crippen LogP contribution in [0.5, 0.6) is 0 Å². The van der Waals surface area contributed by atoms with Gasteiger partial charge in [-0.3, -0.25) is 4.90 Å². The van der Waals surface area contributed by atoms with Crippen LogP contribution in [0, 0.1) is 0 Å². The van der Waals surface area contributed by atoms with Gasteiger partial charge in [0.25, 0.3) is 0 Å². The van der Waals surface area contributed by atoms with E-state index in [0.29, 0.717) is 13.1 Å². The summed E-state index contributed by atoms with van der Waals surface area (Å²) in [6, 6.07) is 1.62. The maximum Gasteiger partial charge on any atom is 0.246 e. The van der Waals surface area contributed by atoms with Crippen LogP contribution in [0.1, 0.15) is 6.42 Å². The highest BCUT2D eigenvalue weighted by Crippen LogP contribution is 2.28. The number of nitrogens with zero attached hydrogens (tertiary/aromatic N) is 3. The van der Waals surface area contributed by atoms with Crippen LogP contribution in [0.15, 0.2) is 29.3 Å². The molecule has 0 saturated carbocycles. The predicted molar refractivity (Wildman–Crippen MR) is 81.5 cm³/mol. The monoisotopic (exact) mass is 328 g/mol. The van der Waals surface area contributed by atoms with Crippen molar-refractivity contribution in [3.8, 4) is 0 Å². The number of anilines is 1. The average Bonchev–Trinajstić information content (AvgIpc) is 3.11. The van der Waals surface area contributed by atoms with E-state index in [-0.39, 0.29) is 21.8 Å². The number of sulfonamides is 1. The van der Waals surface area contributed by atoms with Gasteiger partial charge in [-0.2, -0.15) is 4.31 Å². The van der Waals surface area contributed by atoms with Gasteiger partial charge in [0.15, 0.2) is 0 Å². The first kappa shape index (κ1) is 14.8. The quantitative estimate of drug-likeness (QED) is 0.836. The molecule has 1 atom stereocenters. The number of nitrogens with two attached hydrogens (primary N) is 1. The van der Waals surface area contributed by atoms with E-state index in [1.54, 1.807) is 0 Å². The third-order valence-electron chi connectivity index (χ3n) is 3.96. The lowest BCUT2D eigenvalue weighted by Gasteiger charge is -2.23. The third-order valence-corrected chi connectivity index (χ3v) is 6.06. The minimum atomic E-state index is -3.64. The summed E-state index contributed by atoms with van der Waals surface area (Å²) in [6.07, 6.45) is 6.39. The van der Waals surface area contributed by atoms with E-state index in [2.05, 4.69) is 22.0 Å². The van der Waals surface area contributed by atoms with Crippen LogP contribution in [-0.2, 0) is 10.0 Å². The molecule has 0 amide bonds. The number of aromatic nitrogens is 1. The second-order valence-corrected chi connectivity index (χ2v) is 7.61. The maximum absolute atomic E-state index is 12.7. The van der Waals surface area contributed by atoms with Crippen LogP contribution >= 0.6 is 11.6 Å². The second kappa shape index (κ2) is 5.57. The molecule has 1 aromatic heterocycles. The van der Waals surface area contributed by atoms with Crippen molar-refractivity contribution in [2.75, 3.05) is 31.9 Å². The Labute approximate surface area is 129 Å². The molecule has 6 nitrogen and oxygen atoms in total. The van der Waals surface area contributed by atoms with Crippen LogP contribution in [0.3, 0.4) is 0 Å². The fraction of sp³-hybridized carbons (Fsp3) is 0.462. The summed E-state index contributed by atoms with van der Waals surface area (Å²) >= 11 is 5.84. The first-order chi connectivity index (χ1) is 9.98. The standard InChI is InChI=1S/C13H17ClN4O2S/c14-10-7-12(13(15)16-8-10)21(19,20)18-6-3-11(9-18)17-4-1-2-5-17/h1-2,7-8,11H,3-6,9H2,(H2,15,16)/t11-/m0/s1. The number of hydrogen-bond donors (Lipinski definition) is 1. The summed E-state index contributed by atoms with van der Waals surface area (Å²) in [6.45, 7) is 2.75. The Balaban J connectivity index is 1.81. The molecule has 0 aliphatic carbocycles. The zero-order valence-electron chi connectivity index (χ0n) is 11.4. The van der Waals surface area contributed by atoms with E-state index in [9.17, 15) is 8.42 Å². The molecule has 3 rings (SSSR count). The van der Waals surface area contributed by atoms with Crippen molar-refractivity contribution < 1.29 is 8.42 Å². The van der Waals surface area contributed by atoms with Crippen molar-refractivity contribution >= 4 is 27.4 Å². The third kappa shape index (κ3) is 2.78. The number of halogens is 1. The van der Waals surface area contributed by atoms with E-state index in [1.165, 1.54) is 16.6 Å². The number of rotatable bonds is 3. The van der Waals surface area contributed by atoms with Gasteiger partial charge in [0.1, 0.15) is 10.7 Å². The molecule has 2 aliphatic rings. The zero-order chi connectivity index (χ0) is 15.0. The fourth-order valence-corrected chi connectivity index (χ4v) is 4.60. The lowest BCUT2D eigenvalue weighted by atomic mass is 10.2. The lowest BCUT2D eigenvalue weighted by molar-refractivity contribution is 0.261. The van der Waals surface area contributed by atoms with E-state index in [0.717, 1.165) is 19.5 Å². The van der Waals surface area contributed by atoms with Gasteiger partial charge in [-0.05, 0) is 12.5 Å². The molecular formula is C13H17ClN4O2S. The van der Waals surface area contributed by atoms with Crippen molar-refractivity contribution in [2.24, 2.45) is 0 Å². The minimum absolute atomic E-state index is 0.00445. The molecule has 0 spiro atoms. The molecule has 114 valence electrons. The summed E-state index contributed by atoms with van der Waals surface area (Å²) in [7, 11) is -3.64. The molecule has 0 unspecified atom stereocenters. The van der Waals surface area contributed by atoms with Gasteiger partial charge in [-0.1, -0.05) is 23.8 Å². The van der Waals surface area contributed by atoms with Crippen molar-refractivity contribution in [1.29, 1.82) is 0 Å². The molecule has 0 aromatic carbocycles. The minimum Gasteiger partial charge on any atom is -0.383 e. The molecule has 0 radical (unpaired) electrons. The summed E-state index contributed by atoms with van der Waals surface area (Å²) in [5.41, 5.74) is 5.70. The molecule has 1 fully saturated rings. The summed E-state index contributed by atoms with van der Waals surface area (Å²) in [5.74, 6) is -0.00862. The van der Waals surface area contributed by atoms with Gasteiger partial charge in [0.05, 0.1) is 5.02 Å². The topological polar surface area (TPSA) is 79.5 Å². The molecule has 1 aromatic rings. The molecule has 2 N–H and O–H groups in total. The van der Waals surface area contributed by atoms with E-state index in [4.69, 9.17) is 17.3 Å². The Morgan fingerprint density at radius 3 is 2.76 bits per heavy atom. The van der Waals surface area contributed by atoms with Crippen molar-refractivity contribution in [2.45, 2.75) is 17.4 Å². The molecule has 8 heteroatoms. The van der Waals surface area contributed by atoms with Crippen LogP contribution in [-0.4, -0.2) is 54.8 Å². The Bertz CT molecular complexity index is 669. The fourth-order valence-electron chi connectivity index (χ4n) is 2.80. The van der Waals surface area contributed by atoms with Crippen LogP contribution in [0.4, 0.5) is 5.82 Å². The predicted octanol–water partition coefficient (Wildman–Crippen LogP) is 0.952. The molecule has 3 heterocycles. The van der Waals surface area contributed by atoms with Crippen molar-refractivity contribution in [3.05, 3.63) is 29.4 Å². The Hall–Kier alpha value is -1.15. The van der Waals surface area contributed by atoms with Crippen LogP contribution < -0.4 is 5.73 Å². The molecule has 21 heavy (non-hydrogen) atoms. The van der Waals surface area contributed by atoms with Crippen molar-refractivity contribution in [3.63, 3.8) is 0 Å². The van der Waals surface area contributed by atoms with E-state index < -0.39 is 10.0 Å². The summed E-state index contributed by atoms with van der Waals surface area (Å²) < 4.78 is 26.8. The Morgan fingerprint density at radius 1 is 1.33 bits per heavy atom. The largest absolute Gasteiger partial charge is 0.383 e. The number of nitrogen functional groups attached to an aromatic ring is 1. The van der Waals surface area contributed by atoms with Gasteiger partial charge in [0, 0.05) is 38.4 Å². The highest BCUT2D eigenvalue weighted by atomic mass is 35.5. The van der Waals surface area contributed by atoms with Gasteiger partial charge < -0.3 is 5.73 Å². The lowest BCUT2D eigenvalue weighted by Crippen LogP contribution is -2.37. The summed E-state index contributed by atoms with van der Waals surface area (Å²) in [4.78, 5) is 6.10. The summed E-state index contributed by atoms with van der Waals surface area (Å²) in [5, 5.41) is 0.266. The smallest absolute Gasteiger partial charge is 0.246 e. The van der Waals surface area contributed by atoms with Crippen molar-refractivity contribution in [1.82, 2.24) is 14.2 Å². The average molecular weight is 329 g/mol. The molecule has 2 aliphatic heterocycles. The number of hydrogen-bond acceptors (Lipinski definition) is 5. The first-order valence-electron chi connectivity index (χ1n) is 6.78. The molecule has 1 saturated heterocycles. The van der Waals surface area contributed by atoms with Gasteiger partial charge in [-0.15, -0.1) is 0 Å². The Kier molecular flexibility index (Phi) is 3.92. The Morgan fingerprint density at radius 2 is 2.05 bits per heavy atom. The highest BCUT2D eigenvalue weighted by molar-refractivity contribution is 7.89. The normalized spacial score (nSPS) is 24.0. The zero-order valence-corrected chi connectivity index (χ0v) is 13.0. The van der Waals surface area contributed by atoms with Crippen LogP contribution in [0.25, 0.3) is 0 Å². The first-order valence-corrected chi connectivity index (χ1v) is 8.60. The van der Waals surface area contributed by atoms with E-state index in [1.807, 2.05) is 0 Å². The highest BCUT2D eigenvalue weighted by Gasteiger charge is 2.36. The van der Waals surface area contributed by atoms with Gasteiger partial charge >= 0.3 is 0 Å². The van der Waals surface area contributed by atoms with Crippen LogP contribution in [0.2, 0.25) is 5.02 Å². The molecular weight excluding hydrogens is 312 g/mol. The van der Waals surface area contributed by atoms with Gasteiger partial charge in [0.2, 0.25) is 10.0 Å². The van der Waals surface area contributed by atoms with Gasteiger partial charge in [-0.25, -0.2) is 13.4 Å². The second-order valence-electron chi connectivity index (χ2n) is 5.27. The molecule has 0 bridgehead atoms. The van der Waals surface area contributed by atoms with E-state index >= 15 is 0 Å². The maximum atomic E-state index is 12.7. The SMILES string of the molecule is Nc1ncc(Cl)cc1S(=O)(=O)N1CC[C@H](N2CC=CC2)C1. The number of pyridine rings is 1.